The molecule has 0 saturated carbocycles. The van der Waals surface area contributed by atoms with Gasteiger partial charge in [-0.3, -0.25) is 0 Å². The zero-order chi connectivity index (χ0) is 16.0. The van der Waals surface area contributed by atoms with Gasteiger partial charge >= 0.3 is 12.1 Å². The van der Waals surface area contributed by atoms with E-state index in [4.69, 9.17) is 18.0 Å². The highest BCUT2D eigenvalue weighted by atomic mass is 19.4. The van der Waals surface area contributed by atoms with Crippen molar-refractivity contribution in [3.63, 3.8) is 0 Å². The van der Waals surface area contributed by atoms with Crippen LogP contribution in [0.15, 0.2) is 24.3 Å². The first-order chi connectivity index (χ1) is 9.74. The molecule has 0 fully saturated rings. The van der Waals surface area contributed by atoms with Gasteiger partial charge in [-0.1, -0.05) is 0 Å². The second kappa shape index (κ2) is 7.24. The molecule has 0 heterocycles. The first-order valence-electron chi connectivity index (χ1n) is 5.98. The Hall–Kier alpha value is -1.86. The van der Waals surface area contributed by atoms with Crippen LogP contribution in [0.25, 0.3) is 0 Å². The average Bonchev–Trinajstić information content (AvgIpc) is 2.43. The highest BCUT2D eigenvalue weighted by molar-refractivity contribution is 6.12. The number of hydrogen-bond acceptors (Lipinski definition) is 3. The van der Waals surface area contributed by atoms with Crippen LogP contribution in [0.3, 0.4) is 0 Å². The largest absolute Gasteiger partial charge is 0.463 e. The minimum absolute atomic E-state index is 0.0564. The maximum absolute atomic E-state index is 12.8. The Bertz CT molecular complexity index is 490. The van der Waals surface area contributed by atoms with Gasteiger partial charge in [0.1, 0.15) is 6.17 Å². The van der Waals surface area contributed by atoms with Crippen LogP contribution in [-0.2, 0) is 10.9 Å². The second-order valence-corrected chi connectivity index (χ2v) is 4.35. The van der Waals surface area contributed by atoms with Gasteiger partial charge < -0.3 is 10.1 Å². The third kappa shape index (κ3) is 5.57. The molecule has 0 spiro atoms. The minimum Gasteiger partial charge on any atom is -0.463 e. The van der Waals surface area contributed by atoms with Crippen LogP contribution in [0.1, 0.15) is 22.3 Å². The second-order valence-electron chi connectivity index (χ2n) is 4.35. The van der Waals surface area contributed by atoms with Crippen LogP contribution in [0.2, 0.25) is 5.82 Å². The van der Waals surface area contributed by atoms with Crippen LogP contribution in [-0.4, -0.2) is 32.8 Å². The van der Waals surface area contributed by atoms with Crippen LogP contribution in [0, 0.1) is 5.41 Å². The first-order valence-corrected chi connectivity index (χ1v) is 5.98. The van der Waals surface area contributed by atoms with E-state index in [1.807, 2.05) is 0 Å². The molecule has 0 amide bonds. The molecule has 1 aromatic carbocycles. The standard InChI is InChI=1S/C13H12BF4NO2/c14-10(5-11(15)6-19)7-21-12(20)8-1-3-9(4-2-8)13(16,17)18/h1-4,6,10-11,19H,5,7H2/t10-,11+/m1/s1. The Morgan fingerprint density at radius 1 is 1.33 bits per heavy atom. The number of rotatable bonds is 6. The Morgan fingerprint density at radius 2 is 1.90 bits per heavy atom. The molecule has 0 aromatic heterocycles. The molecule has 8 heteroatoms. The molecule has 21 heavy (non-hydrogen) atoms. The fraction of sp³-hybridized carbons (Fsp3) is 0.385. The van der Waals surface area contributed by atoms with Crippen molar-refractivity contribution >= 4 is 20.0 Å². The number of halogens is 4. The topological polar surface area (TPSA) is 50.2 Å². The zero-order valence-corrected chi connectivity index (χ0v) is 10.9. The molecule has 0 aliphatic heterocycles. The first kappa shape index (κ1) is 17.2. The summed E-state index contributed by atoms with van der Waals surface area (Å²) >= 11 is 0. The van der Waals surface area contributed by atoms with Gasteiger partial charge in [0.05, 0.1) is 25.6 Å². The van der Waals surface area contributed by atoms with Gasteiger partial charge in [-0.15, -0.1) is 0 Å². The summed E-state index contributed by atoms with van der Waals surface area (Å²) in [5.41, 5.74) is -0.930. The molecule has 112 valence electrons. The molecule has 2 atom stereocenters. The molecular formula is C13H12BF4NO2. The molecule has 1 rings (SSSR count). The number of carbonyl (C=O) groups excluding carboxylic acids is 1. The number of alkyl halides is 4. The zero-order valence-electron chi connectivity index (χ0n) is 10.9. The van der Waals surface area contributed by atoms with Crippen LogP contribution < -0.4 is 0 Å². The molecule has 2 radical (unpaired) electrons. The van der Waals surface area contributed by atoms with Crippen molar-refractivity contribution in [2.45, 2.75) is 24.6 Å². The van der Waals surface area contributed by atoms with E-state index in [2.05, 4.69) is 0 Å². The maximum atomic E-state index is 12.8. The van der Waals surface area contributed by atoms with E-state index in [1.54, 1.807) is 0 Å². The number of esters is 1. The van der Waals surface area contributed by atoms with E-state index in [1.165, 1.54) is 0 Å². The molecule has 1 N–H and O–H groups in total. The number of benzene rings is 1. The number of nitrogens with one attached hydrogen (secondary N) is 1. The van der Waals surface area contributed by atoms with E-state index in [9.17, 15) is 22.4 Å². The fourth-order valence-corrected chi connectivity index (χ4v) is 1.49. The Balaban J connectivity index is 2.54. The van der Waals surface area contributed by atoms with Crippen molar-refractivity contribution < 1.29 is 27.1 Å². The molecular weight excluding hydrogens is 289 g/mol. The van der Waals surface area contributed by atoms with Crippen molar-refractivity contribution in [3.8, 4) is 0 Å². The Kier molecular flexibility index (Phi) is 5.93. The fourth-order valence-electron chi connectivity index (χ4n) is 1.49. The summed E-state index contributed by atoms with van der Waals surface area (Å²) in [4.78, 5) is 11.6. The molecule has 0 saturated heterocycles. The Labute approximate surface area is 120 Å². The minimum atomic E-state index is -4.48. The van der Waals surface area contributed by atoms with Gasteiger partial charge in [0.2, 0.25) is 0 Å². The molecule has 3 nitrogen and oxygen atoms in total. The van der Waals surface area contributed by atoms with E-state index in [0.717, 1.165) is 24.3 Å². The van der Waals surface area contributed by atoms with Crippen molar-refractivity contribution in [3.05, 3.63) is 35.4 Å². The summed E-state index contributed by atoms with van der Waals surface area (Å²) in [6.07, 6.45) is -5.60. The van der Waals surface area contributed by atoms with Crippen molar-refractivity contribution in [2.75, 3.05) is 6.61 Å². The van der Waals surface area contributed by atoms with Gasteiger partial charge in [0.15, 0.2) is 0 Å². The average molecular weight is 301 g/mol. The van der Waals surface area contributed by atoms with Crippen molar-refractivity contribution in [2.24, 2.45) is 0 Å². The lowest BCUT2D eigenvalue weighted by Crippen LogP contribution is -2.15. The van der Waals surface area contributed by atoms with Gasteiger partial charge in [-0.2, -0.15) is 13.2 Å². The lowest BCUT2D eigenvalue weighted by atomic mass is 9.84. The van der Waals surface area contributed by atoms with Crippen molar-refractivity contribution in [1.29, 1.82) is 5.41 Å². The van der Waals surface area contributed by atoms with Gasteiger partial charge in [0, 0.05) is 6.21 Å². The summed E-state index contributed by atoms with van der Waals surface area (Å²) < 4.78 is 54.6. The summed E-state index contributed by atoms with van der Waals surface area (Å²) in [6, 6.07) is 3.52. The summed E-state index contributed by atoms with van der Waals surface area (Å²) in [7, 11) is 5.49. The highest BCUT2D eigenvalue weighted by Gasteiger charge is 2.30. The normalized spacial score (nSPS) is 14.3. The molecule has 0 unspecified atom stereocenters. The van der Waals surface area contributed by atoms with Crippen LogP contribution >= 0.6 is 0 Å². The maximum Gasteiger partial charge on any atom is 0.416 e. The lowest BCUT2D eigenvalue weighted by molar-refractivity contribution is -0.137. The number of ether oxygens (including phenoxy) is 1. The summed E-state index contributed by atoms with van der Waals surface area (Å²) in [6.45, 7) is -0.284. The molecule has 0 bridgehead atoms. The quantitative estimate of drug-likeness (QED) is 0.380. The van der Waals surface area contributed by atoms with Crippen LogP contribution in [0.5, 0.6) is 0 Å². The summed E-state index contributed by atoms with van der Waals surface area (Å²) in [5.74, 6) is -1.63. The van der Waals surface area contributed by atoms with Crippen LogP contribution in [0.4, 0.5) is 17.6 Å². The smallest absolute Gasteiger partial charge is 0.416 e. The van der Waals surface area contributed by atoms with Gasteiger partial charge in [0.25, 0.3) is 0 Å². The lowest BCUT2D eigenvalue weighted by Gasteiger charge is -2.13. The highest BCUT2D eigenvalue weighted by Crippen LogP contribution is 2.29. The monoisotopic (exact) mass is 301 g/mol. The third-order valence-electron chi connectivity index (χ3n) is 2.59. The van der Waals surface area contributed by atoms with E-state index in [0.29, 0.717) is 6.21 Å². The van der Waals surface area contributed by atoms with E-state index >= 15 is 0 Å². The number of carbonyl (C=O) groups is 1. The molecule has 0 aliphatic carbocycles. The van der Waals surface area contributed by atoms with Gasteiger partial charge in [-0.05, 0) is 36.5 Å². The predicted molar refractivity (Wildman–Crippen MR) is 69.5 cm³/mol. The van der Waals surface area contributed by atoms with Crippen molar-refractivity contribution in [1.82, 2.24) is 0 Å². The van der Waals surface area contributed by atoms with E-state index in [-0.39, 0.29) is 18.6 Å². The number of hydrogen-bond donors (Lipinski definition) is 1. The molecule has 0 aliphatic rings. The van der Waals surface area contributed by atoms with Gasteiger partial charge in [-0.25, -0.2) is 9.18 Å². The SMILES string of the molecule is [B][C@@H](COC(=O)c1ccc(C(F)(F)F)cc1)C[C@H](F)C=N. The molecule has 1 aromatic rings. The van der Waals surface area contributed by atoms with E-state index < -0.39 is 29.7 Å². The predicted octanol–water partition coefficient (Wildman–Crippen LogP) is 3.20. The Morgan fingerprint density at radius 3 is 2.38 bits per heavy atom. The summed E-state index contributed by atoms with van der Waals surface area (Å²) in [5, 5.41) is 6.67. The third-order valence-corrected chi connectivity index (χ3v) is 2.59.